The molecule has 5 rings (SSSR count). The Bertz CT molecular complexity index is 1440. The van der Waals surface area contributed by atoms with Crippen molar-refractivity contribution >= 4 is 22.7 Å². The van der Waals surface area contributed by atoms with Crippen molar-refractivity contribution in [1.29, 1.82) is 0 Å². The van der Waals surface area contributed by atoms with Gasteiger partial charge in [0.05, 0.1) is 31.2 Å². The molecule has 0 N–H and O–H groups in total. The van der Waals surface area contributed by atoms with Crippen molar-refractivity contribution in [2.24, 2.45) is 0 Å². The normalized spacial score (nSPS) is 15.3. The smallest absolute Gasteiger partial charge is 0.296 e. The lowest BCUT2D eigenvalue weighted by molar-refractivity contribution is 0.0969. The van der Waals surface area contributed by atoms with Crippen molar-refractivity contribution in [2.75, 3.05) is 19.1 Å². The molecule has 3 heterocycles. The van der Waals surface area contributed by atoms with Gasteiger partial charge in [-0.3, -0.25) is 14.5 Å². The van der Waals surface area contributed by atoms with Crippen LogP contribution < -0.4 is 19.8 Å². The standard InChI is InChI=1S/C23H17FN2O6/c1-11-8-18(25-32-11)26-20(12-4-6-16(29-2)17(9-12)30-3)19-21(27)14-10-13(24)5-7-15(14)31-22(19)23(26)28/h4-10,20H,1-3H3/t20-/m0/s1. The number of nitrogens with zero attached hydrogens (tertiary/aromatic N) is 2. The van der Waals surface area contributed by atoms with Gasteiger partial charge >= 0.3 is 0 Å². The highest BCUT2D eigenvalue weighted by molar-refractivity contribution is 6.10. The highest BCUT2D eigenvalue weighted by Crippen LogP contribution is 2.43. The second kappa shape index (κ2) is 7.23. The van der Waals surface area contributed by atoms with E-state index >= 15 is 0 Å². The summed E-state index contributed by atoms with van der Waals surface area (Å²) in [6.07, 6.45) is 0. The number of carbonyl (C=O) groups excluding carboxylic acids is 1. The van der Waals surface area contributed by atoms with Crippen LogP contribution in [0.4, 0.5) is 10.2 Å². The van der Waals surface area contributed by atoms with Crippen LogP contribution in [-0.2, 0) is 0 Å². The molecule has 2 aromatic carbocycles. The van der Waals surface area contributed by atoms with E-state index in [1.54, 1.807) is 31.2 Å². The zero-order valence-electron chi connectivity index (χ0n) is 17.3. The predicted octanol–water partition coefficient (Wildman–Crippen LogP) is 4.00. The molecule has 1 aliphatic heterocycles. The molecule has 0 fully saturated rings. The first kappa shape index (κ1) is 19.8. The van der Waals surface area contributed by atoms with Crippen LogP contribution in [0.2, 0.25) is 0 Å². The zero-order valence-corrected chi connectivity index (χ0v) is 17.3. The van der Waals surface area contributed by atoms with Crippen molar-refractivity contribution in [3.05, 3.63) is 81.2 Å². The Balaban J connectivity index is 1.81. The summed E-state index contributed by atoms with van der Waals surface area (Å²) in [5.41, 5.74) is 0.253. The third-order valence-electron chi connectivity index (χ3n) is 5.42. The molecular weight excluding hydrogens is 419 g/mol. The molecule has 0 spiro atoms. The van der Waals surface area contributed by atoms with Crippen molar-refractivity contribution in [2.45, 2.75) is 13.0 Å². The van der Waals surface area contributed by atoms with Crippen LogP contribution in [0, 0.1) is 12.7 Å². The average molecular weight is 436 g/mol. The molecule has 9 heteroatoms. The van der Waals surface area contributed by atoms with Gasteiger partial charge in [-0.25, -0.2) is 4.39 Å². The minimum absolute atomic E-state index is 0.0419. The number of amides is 1. The van der Waals surface area contributed by atoms with Gasteiger partial charge in [0.2, 0.25) is 5.76 Å². The average Bonchev–Trinajstić information content (AvgIpc) is 3.34. The Hall–Kier alpha value is -4.14. The number of aryl methyl sites for hydroxylation is 1. The Morgan fingerprint density at radius 2 is 1.81 bits per heavy atom. The van der Waals surface area contributed by atoms with Gasteiger partial charge in [-0.1, -0.05) is 11.2 Å². The van der Waals surface area contributed by atoms with Gasteiger partial charge in [-0.2, -0.15) is 0 Å². The van der Waals surface area contributed by atoms with E-state index in [4.69, 9.17) is 18.4 Å². The van der Waals surface area contributed by atoms with Gasteiger partial charge < -0.3 is 18.4 Å². The van der Waals surface area contributed by atoms with E-state index in [1.807, 2.05) is 0 Å². The number of aromatic nitrogens is 1. The number of halogens is 1. The minimum Gasteiger partial charge on any atom is -0.493 e. The number of fused-ring (bicyclic) bond motifs is 2. The quantitative estimate of drug-likeness (QED) is 0.477. The summed E-state index contributed by atoms with van der Waals surface area (Å²) >= 11 is 0. The molecule has 1 aliphatic rings. The summed E-state index contributed by atoms with van der Waals surface area (Å²) in [7, 11) is 2.99. The molecule has 4 aromatic rings. The van der Waals surface area contributed by atoms with Crippen LogP contribution in [-0.4, -0.2) is 25.3 Å². The lowest BCUT2D eigenvalue weighted by Crippen LogP contribution is -2.29. The predicted molar refractivity (Wildman–Crippen MR) is 112 cm³/mol. The monoisotopic (exact) mass is 436 g/mol. The van der Waals surface area contributed by atoms with Crippen molar-refractivity contribution in [1.82, 2.24) is 5.16 Å². The van der Waals surface area contributed by atoms with E-state index < -0.39 is 23.2 Å². The third-order valence-corrected chi connectivity index (χ3v) is 5.42. The first-order valence-electron chi connectivity index (χ1n) is 9.68. The van der Waals surface area contributed by atoms with Gasteiger partial charge in [-0.15, -0.1) is 0 Å². The number of ether oxygens (including phenoxy) is 2. The van der Waals surface area contributed by atoms with E-state index in [1.165, 1.54) is 31.3 Å². The second-order valence-corrected chi connectivity index (χ2v) is 7.30. The van der Waals surface area contributed by atoms with Gasteiger partial charge in [0.15, 0.2) is 22.7 Å². The molecule has 32 heavy (non-hydrogen) atoms. The third kappa shape index (κ3) is 2.85. The summed E-state index contributed by atoms with van der Waals surface area (Å²) in [5.74, 6) is 0.331. The maximum absolute atomic E-state index is 13.9. The van der Waals surface area contributed by atoms with Crippen LogP contribution >= 0.6 is 0 Å². The minimum atomic E-state index is -0.897. The first-order chi connectivity index (χ1) is 15.4. The Kier molecular flexibility index (Phi) is 4.47. The number of carbonyl (C=O) groups is 1. The van der Waals surface area contributed by atoms with E-state index in [9.17, 15) is 14.0 Å². The lowest BCUT2D eigenvalue weighted by atomic mass is 9.98. The summed E-state index contributed by atoms with van der Waals surface area (Å²) in [6, 6.07) is 9.33. The lowest BCUT2D eigenvalue weighted by Gasteiger charge is -2.23. The van der Waals surface area contributed by atoms with Gasteiger partial charge in [0.1, 0.15) is 17.2 Å². The largest absolute Gasteiger partial charge is 0.493 e. The fraction of sp³-hybridized carbons (Fsp3) is 0.174. The van der Waals surface area contributed by atoms with Crippen LogP contribution in [0.3, 0.4) is 0 Å². The van der Waals surface area contributed by atoms with E-state index in [0.29, 0.717) is 22.8 Å². The molecule has 1 amide bonds. The van der Waals surface area contributed by atoms with Gasteiger partial charge in [0, 0.05) is 6.07 Å². The maximum Gasteiger partial charge on any atom is 0.296 e. The number of methoxy groups -OCH3 is 2. The topological polar surface area (TPSA) is 95.0 Å². The molecule has 2 aromatic heterocycles. The SMILES string of the molecule is COc1ccc([C@H]2c3c(oc4ccc(F)cc4c3=O)C(=O)N2c2cc(C)on2)cc1OC. The molecule has 0 saturated carbocycles. The molecule has 0 radical (unpaired) electrons. The molecule has 0 unspecified atom stereocenters. The number of benzene rings is 2. The first-order valence-corrected chi connectivity index (χ1v) is 9.68. The Morgan fingerprint density at radius 3 is 2.50 bits per heavy atom. The van der Waals surface area contributed by atoms with Crippen molar-refractivity contribution < 1.29 is 27.6 Å². The summed E-state index contributed by atoms with van der Waals surface area (Å²) in [5, 5.41) is 4.01. The molecule has 0 aliphatic carbocycles. The van der Waals surface area contributed by atoms with Crippen LogP contribution in [0.1, 0.15) is 33.5 Å². The van der Waals surface area contributed by atoms with Gasteiger partial charge in [0.25, 0.3) is 5.91 Å². The summed E-state index contributed by atoms with van der Waals surface area (Å²) < 4.78 is 35.5. The van der Waals surface area contributed by atoms with E-state index in [-0.39, 0.29) is 28.1 Å². The molecule has 162 valence electrons. The highest BCUT2D eigenvalue weighted by Gasteiger charge is 2.45. The van der Waals surface area contributed by atoms with Crippen LogP contribution in [0.5, 0.6) is 11.5 Å². The Labute approximate surface area is 180 Å². The number of hydrogen-bond donors (Lipinski definition) is 0. The number of anilines is 1. The summed E-state index contributed by atoms with van der Waals surface area (Å²) in [4.78, 5) is 28.2. The maximum atomic E-state index is 13.9. The fourth-order valence-corrected chi connectivity index (χ4v) is 3.99. The van der Waals surface area contributed by atoms with Crippen LogP contribution in [0.25, 0.3) is 11.0 Å². The zero-order chi connectivity index (χ0) is 22.6. The fourth-order valence-electron chi connectivity index (χ4n) is 3.99. The highest BCUT2D eigenvalue weighted by atomic mass is 19.1. The second-order valence-electron chi connectivity index (χ2n) is 7.30. The number of rotatable bonds is 4. The molecule has 0 bridgehead atoms. The summed E-state index contributed by atoms with van der Waals surface area (Å²) in [6.45, 7) is 1.69. The van der Waals surface area contributed by atoms with E-state index in [0.717, 1.165) is 6.07 Å². The Morgan fingerprint density at radius 1 is 1.03 bits per heavy atom. The van der Waals surface area contributed by atoms with E-state index in [2.05, 4.69) is 5.16 Å². The van der Waals surface area contributed by atoms with Gasteiger partial charge in [-0.05, 0) is 42.8 Å². The van der Waals surface area contributed by atoms with Crippen molar-refractivity contribution in [3.63, 3.8) is 0 Å². The van der Waals surface area contributed by atoms with Crippen molar-refractivity contribution in [3.8, 4) is 11.5 Å². The molecule has 0 saturated heterocycles. The molecule has 1 atom stereocenters. The number of hydrogen-bond acceptors (Lipinski definition) is 7. The molecular formula is C23H17FN2O6. The molecule has 8 nitrogen and oxygen atoms in total. The van der Waals surface area contributed by atoms with Crippen LogP contribution in [0.15, 0.2) is 56.2 Å².